The predicted octanol–water partition coefficient (Wildman–Crippen LogP) is 5.48. The molecule has 3 aliphatic rings. The Morgan fingerprint density at radius 1 is 0.957 bits per heavy atom. The molecule has 3 fully saturated rings. The Hall–Kier alpha value is -3.76. The van der Waals surface area contributed by atoms with Crippen LogP contribution in [0.15, 0.2) is 73.8 Å². The molecule has 1 N–H and O–H groups in total. The zero-order chi connectivity index (χ0) is 33.8. The Morgan fingerprint density at radius 2 is 1.55 bits per heavy atom. The van der Waals surface area contributed by atoms with Crippen molar-refractivity contribution in [1.82, 2.24) is 4.90 Å². The first-order valence-corrected chi connectivity index (χ1v) is 17.3. The van der Waals surface area contributed by atoms with Gasteiger partial charge < -0.3 is 29.3 Å². The molecular weight excluding hydrogens is 614 g/mol. The van der Waals surface area contributed by atoms with Gasteiger partial charge in [-0.15, -0.1) is 24.9 Å². The number of ether oxygens (including phenoxy) is 2. The fourth-order valence-electron chi connectivity index (χ4n) is 7.76. The highest BCUT2D eigenvalue weighted by Gasteiger charge is 2.77. The summed E-state index contributed by atoms with van der Waals surface area (Å²) in [7, 11) is 1.60. The lowest BCUT2D eigenvalue weighted by molar-refractivity contribution is -0.139. The van der Waals surface area contributed by atoms with E-state index >= 15 is 0 Å². The number of carbonyl (C=O) groups is 3. The molecule has 2 bridgehead atoms. The van der Waals surface area contributed by atoms with E-state index in [-0.39, 0.29) is 37.4 Å². The molecule has 1 spiro atoms. The molecule has 3 aliphatic heterocycles. The maximum absolute atomic E-state index is 14.9. The molecule has 2 aromatic carbocycles. The first-order chi connectivity index (χ1) is 22.7. The number of rotatable bonds is 16. The molecule has 0 aliphatic carbocycles. The summed E-state index contributed by atoms with van der Waals surface area (Å²) in [5.74, 6) is -0.318. The van der Waals surface area contributed by atoms with E-state index in [1.54, 1.807) is 45.7 Å². The third-order valence-corrected chi connectivity index (χ3v) is 11.8. The fraction of sp³-hybridized carbons (Fsp3) is 0.486. The van der Waals surface area contributed by atoms with Crippen LogP contribution in [0, 0.1) is 11.8 Å². The van der Waals surface area contributed by atoms with E-state index in [2.05, 4.69) is 20.1 Å². The molecule has 5 rings (SSSR count). The van der Waals surface area contributed by atoms with Gasteiger partial charge in [0, 0.05) is 42.4 Å². The van der Waals surface area contributed by atoms with Crippen LogP contribution in [0.25, 0.3) is 0 Å². The van der Waals surface area contributed by atoms with Gasteiger partial charge in [0.15, 0.2) is 0 Å². The number of likely N-dealkylation sites (tertiary alicyclic amines) is 1. The van der Waals surface area contributed by atoms with Crippen molar-refractivity contribution in [2.24, 2.45) is 11.8 Å². The Kier molecular flexibility index (Phi) is 10.7. The summed E-state index contributed by atoms with van der Waals surface area (Å²) in [5.41, 5.74) is 1.40. The van der Waals surface area contributed by atoms with Crippen LogP contribution in [0.5, 0.6) is 11.5 Å². The average molecular weight is 662 g/mol. The minimum atomic E-state index is -0.759. The standard InChI is InChI=1S/C37H47N3O6S/c1-6-22-38(26-14-18-29(19-15-26)46-8-3)33(42)30-31-34(43)40(24-10-9-11-25-41)32(37(31)21-20-36(30,4)47-37)35(44)39(23-7-2)27-12-16-28(45-5)17-13-27/h6-7,12-19,30-32,41H,1-2,8-11,20-25H2,3-5H3/t30-,31-,32?,36+,37?/m0/s1. The molecular formula is C37H47N3O6S. The van der Waals surface area contributed by atoms with Crippen LogP contribution < -0.4 is 19.3 Å². The van der Waals surface area contributed by atoms with E-state index in [0.717, 1.165) is 12.8 Å². The van der Waals surface area contributed by atoms with Gasteiger partial charge >= 0.3 is 0 Å². The number of benzene rings is 2. The lowest BCUT2D eigenvalue weighted by Crippen LogP contribution is -2.55. The summed E-state index contributed by atoms with van der Waals surface area (Å²) in [5, 5.41) is 9.40. The number of carbonyl (C=O) groups excluding carboxylic acids is 3. The number of thioether (sulfide) groups is 1. The summed E-state index contributed by atoms with van der Waals surface area (Å²) in [4.78, 5) is 49.4. The highest BCUT2D eigenvalue weighted by molar-refractivity contribution is 8.02. The molecule has 47 heavy (non-hydrogen) atoms. The number of nitrogens with zero attached hydrogens (tertiary/aromatic N) is 3. The van der Waals surface area contributed by atoms with Gasteiger partial charge in [0.2, 0.25) is 11.8 Å². The van der Waals surface area contributed by atoms with Crippen molar-refractivity contribution < 1.29 is 29.0 Å². The second-order valence-corrected chi connectivity index (χ2v) is 14.5. The van der Waals surface area contributed by atoms with Gasteiger partial charge in [0.25, 0.3) is 5.91 Å². The quantitative estimate of drug-likeness (QED) is 0.188. The van der Waals surface area contributed by atoms with E-state index in [4.69, 9.17) is 9.47 Å². The molecule has 3 amide bonds. The number of hydrogen-bond donors (Lipinski definition) is 1. The van der Waals surface area contributed by atoms with E-state index in [1.165, 1.54) is 0 Å². The molecule has 0 radical (unpaired) electrons. The summed E-state index contributed by atoms with van der Waals surface area (Å²) in [6, 6.07) is 14.0. The first-order valence-electron chi connectivity index (χ1n) is 16.5. The highest BCUT2D eigenvalue weighted by Crippen LogP contribution is 2.71. The molecule has 252 valence electrons. The topological polar surface area (TPSA) is 99.6 Å². The largest absolute Gasteiger partial charge is 0.497 e. The van der Waals surface area contributed by atoms with Crippen molar-refractivity contribution in [1.29, 1.82) is 0 Å². The maximum Gasteiger partial charge on any atom is 0.251 e. The maximum atomic E-state index is 14.9. The van der Waals surface area contributed by atoms with E-state index in [1.807, 2.05) is 55.5 Å². The first kappa shape index (κ1) is 34.6. The molecule has 2 aromatic rings. The summed E-state index contributed by atoms with van der Waals surface area (Å²) < 4.78 is 9.69. The van der Waals surface area contributed by atoms with Crippen LogP contribution in [0.2, 0.25) is 0 Å². The number of unbranched alkanes of at least 4 members (excludes halogenated alkanes) is 2. The van der Waals surface area contributed by atoms with Gasteiger partial charge in [0.05, 0.1) is 30.3 Å². The van der Waals surface area contributed by atoms with Gasteiger partial charge in [0.1, 0.15) is 17.5 Å². The molecule has 3 heterocycles. The number of aliphatic hydroxyl groups is 1. The van der Waals surface area contributed by atoms with Crippen LogP contribution in [0.3, 0.4) is 0 Å². The Morgan fingerprint density at radius 3 is 2.11 bits per heavy atom. The molecule has 0 aromatic heterocycles. The summed E-state index contributed by atoms with van der Waals surface area (Å²) in [6.45, 7) is 13.4. The monoisotopic (exact) mass is 661 g/mol. The third-order valence-electron chi connectivity index (χ3n) is 9.83. The zero-order valence-electron chi connectivity index (χ0n) is 27.7. The Balaban J connectivity index is 1.54. The van der Waals surface area contributed by atoms with Crippen LogP contribution >= 0.6 is 11.8 Å². The molecule has 10 heteroatoms. The lowest BCUT2D eigenvalue weighted by atomic mass is 9.66. The highest BCUT2D eigenvalue weighted by atomic mass is 32.2. The van der Waals surface area contributed by atoms with Gasteiger partial charge in [-0.1, -0.05) is 12.2 Å². The molecule has 5 atom stereocenters. The van der Waals surface area contributed by atoms with E-state index in [0.29, 0.717) is 55.3 Å². The number of amides is 3. The van der Waals surface area contributed by atoms with Gasteiger partial charge in [-0.3, -0.25) is 14.4 Å². The van der Waals surface area contributed by atoms with Crippen molar-refractivity contribution >= 4 is 40.9 Å². The number of aliphatic hydroxyl groups excluding tert-OH is 1. The van der Waals surface area contributed by atoms with Gasteiger partial charge in [-0.25, -0.2) is 0 Å². The van der Waals surface area contributed by atoms with E-state index < -0.39 is 27.4 Å². The van der Waals surface area contributed by atoms with Gasteiger partial charge in [-0.2, -0.15) is 0 Å². The molecule has 9 nitrogen and oxygen atoms in total. The van der Waals surface area contributed by atoms with Crippen molar-refractivity contribution in [3.8, 4) is 11.5 Å². The second-order valence-electron chi connectivity index (χ2n) is 12.6. The fourth-order valence-corrected chi connectivity index (χ4v) is 10.1. The second kappa shape index (κ2) is 14.6. The SMILES string of the molecule is C=CCN(C(=O)C1N(CCCCCO)C(=O)[C@@H]2[C@@H](C(=O)N(CC=C)c3ccc(OCC)cc3)[C@@]3(C)CCC12S3)c1ccc(OC)cc1. The molecule has 0 saturated carbocycles. The summed E-state index contributed by atoms with van der Waals surface area (Å²) in [6.07, 6.45) is 6.77. The van der Waals surface area contributed by atoms with Crippen LogP contribution in [0.1, 0.15) is 46.0 Å². The molecule has 3 saturated heterocycles. The van der Waals surface area contributed by atoms with Crippen molar-refractivity contribution in [2.75, 3.05) is 49.8 Å². The van der Waals surface area contributed by atoms with Crippen molar-refractivity contribution in [3.63, 3.8) is 0 Å². The average Bonchev–Trinajstić information content (AvgIpc) is 3.65. The predicted molar refractivity (Wildman–Crippen MR) is 187 cm³/mol. The van der Waals surface area contributed by atoms with Crippen LogP contribution in [-0.4, -0.2) is 83.2 Å². The zero-order valence-corrected chi connectivity index (χ0v) is 28.5. The van der Waals surface area contributed by atoms with Gasteiger partial charge in [-0.05, 0) is 94.5 Å². The number of anilines is 2. The van der Waals surface area contributed by atoms with Crippen LogP contribution in [0.4, 0.5) is 11.4 Å². The number of fused-ring (bicyclic) bond motifs is 1. The summed E-state index contributed by atoms with van der Waals surface area (Å²) >= 11 is 1.66. The smallest absolute Gasteiger partial charge is 0.251 e. The Labute approximate surface area is 282 Å². The van der Waals surface area contributed by atoms with Crippen LogP contribution in [-0.2, 0) is 14.4 Å². The lowest BCUT2D eigenvalue weighted by Gasteiger charge is -2.38. The normalized spacial score (nSPS) is 25.7. The minimum absolute atomic E-state index is 0.0723. The molecule has 2 unspecified atom stereocenters. The third kappa shape index (κ3) is 6.29. The number of hydrogen-bond acceptors (Lipinski definition) is 7. The van der Waals surface area contributed by atoms with E-state index in [9.17, 15) is 19.5 Å². The minimum Gasteiger partial charge on any atom is -0.497 e. The Bertz CT molecular complexity index is 1470. The number of methoxy groups -OCH3 is 1. The van der Waals surface area contributed by atoms with Crippen molar-refractivity contribution in [2.45, 2.75) is 61.5 Å². The van der Waals surface area contributed by atoms with Crippen molar-refractivity contribution in [3.05, 3.63) is 73.8 Å².